The van der Waals surface area contributed by atoms with E-state index in [1.807, 2.05) is 19.1 Å². The summed E-state index contributed by atoms with van der Waals surface area (Å²) in [6.45, 7) is 2.28. The summed E-state index contributed by atoms with van der Waals surface area (Å²) < 4.78 is 5.20. The van der Waals surface area contributed by atoms with Gasteiger partial charge in [0.15, 0.2) is 0 Å². The van der Waals surface area contributed by atoms with E-state index in [0.717, 1.165) is 25.0 Å². The third-order valence-corrected chi connectivity index (χ3v) is 1.97. The summed E-state index contributed by atoms with van der Waals surface area (Å²) in [7, 11) is 0. The molecular formula is C11H16O2. The number of aryl methyl sites for hydroxylation is 1. The third kappa shape index (κ3) is 3.95. The van der Waals surface area contributed by atoms with Crippen LogP contribution in [0.25, 0.3) is 0 Å². The van der Waals surface area contributed by atoms with Crippen LogP contribution in [0, 0.1) is 0 Å². The lowest BCUT2D eigenvalue weighted by Gasteiger charge is -1.96. The largest absolute Gasteiger partial charge is 0.469 e. The molecule has 0 unspecified atom stereocenters. The Labute approximate surface area is 78.9 Å². The molecule has 0 aliphatic rings. The van der Waals surface area contributed by atoms with Crippen molar-refractivity contribution in [2.24, 2.45) is 0 Å². The minimum absolute atomic E-state index is 0.239. The molecule has 1 aromatic rings. The molecule has 1 aromatic heterocycles. The maximum Gasteiger partial charge on any atom is 0.104 e. The molecule has 0 aromatic carbocycles. The molecule has 1 heterocycles. The zero-order valence-electron chi connectivity index (χ0n) is 7.99. The predicted molar refractivity (Wildman–Crippen MR) is 52.5 cm³/mol. The first-order valence-electron chi connectivity index (χ1n) is 4.62. The van der Waals surface area contributed by atoms with Crippen molar-refractivity contribution in [3.8, 4) is 0 Å². The number of allylic oxidation sites excluding steroid dienone is 1. The van der Waals surface area contributed by atoms with Crippen molar-refractivity contribution in [1.29, 1.82) is 0 Å². The number of hydrogen-bond acceptors (Lipinski definition) is 2. The molecule has 0 atom stereocenters. The summed E-state index contributed by atoms with van der Waals surface area (Å²) in [5.74, 6) is 1.02. The van der Waals surface area contributed by atoms with Gasteiger partial charge in [0, 0.05) is 13.0 Å². The van der Waals surface area contributed by atoms with Gasteiger partial charge in [-0.3, -0.25) is 0 Å². The number of furan rings is 1. The molecule has 2 heteroatoms. The lowest BCUT2D eigenvalue weighted by Crippen LogP contribution is -1.85. The van der Waals surface area contributed by atoms with Gasteiger partial charge in [0.1, 0.15) is 5.76 Å². The van der Waals surface area contributed by atoms with Crippen LogP contribution in [0.1, 0.15) is 25.5 Å². The van der Waals surface area contributed by atoms with Crippen molar-refractivity contribution in [1.82, 2.24) is 0 Å². The van der Waals surface area contributed by atoms with Crippen LogP contribution in [0.3, 0.4) is 0 Å². The highest BCUT2D eigenvalue weighted by atomic mass is 16.3. The maximum atomic E-state index is 8.66. The second kappa shape index (κ2) is 5.60. The Morgan fingerprint density at radius 2 is 2.46 bits per heavy atom. The molecule has 0 saturated carbocycles. The molecule has 0 saturated heterocycles. The topological polar surface area (TPSA) is 33.4 Å². The number of hydrogen-bond donors (Lipinski definition) is 1. The van der Waals surface area contributed by atoms with Crippen molar-refractivity contribution in [3.05, 3.63) is 35.8 Å². The van der Waals surface area contributed by atoms with E-state index in [-0.39, 0.29) is 6.61 Å². The zero-order chi connectivity index (χ0) is 9.52. The molecule has 0 fully saturated rings. The highest BCUT2D eigenvalue weighted by Gasteiger charge is 1.93. The summed E-state index contributed by atoms with van der Waals surface area (Å²) >= 11 is 0. The van der Waals surface area contributed by atoms with Gasteiger partial charge in [-0.15, -0.1) is 0 Å². The molecule has 0 amide bonds. The molecule has 0 bridgehead atoms. The first kappa shape index (κ1) is 10.1. The summed E-state index contributed by atoms with van der Waals surface area (Å²) in [6.07, 6.45) is 6.55. The normalized spacial score (nSPS) is 12.0. The van der Waals surface area contributed by atoms with E-state index in [1.54, 1.807) is 6.26 Å². The molecule has 0 spiro atoms. The van der Waals surface area contributed by atoms with Crippen molar-refractivity contribution >= 4 is 0 Å². The lowest BCUT2D eigenvalue weighted by molar-refractivity contribution is 0.299. The van der Waals surface area contributed by atoms with Gasteiger partial charge in [-0.1, -0.05) is 11.6 Å². The van der Waals surface area contributed by atoms with Crippen LogP contribution in [0.5, 0.6) is 0 Å². The van der Waals surface area contributed by atoms with E-state index in [2.05, 4.69) is 6.08 Å². The van der Waals surface area contributed by atoms with Crippen LogP contribution in [-0.4, -0.2) is 11.7 Å². The SMILES string of the molecule is C/C(=C\CCc1ccco1)CCO. The number of rotatable bonds is 5. The van der Waals surface area contributed by atoms with Gasteiger partial charge in [-0.25, -0.2) is 0 Å². The fraction of sp³-hybridized carbons (Fsp3) is 0.455. The van der Waals surface area contributed by atoms with E-state index in [9.17, 15) is 0 Å². The van der Waals surface area contributed by atoms with Crippen molar-refractivity contribution in [2.75, 3.05) is 6.61 Å². The molecule has 2 nitrogen and oxygen atoms in total. The fourth-order valence-corrected chi connectivity index (χ4v) is 1.19. The predicted octanol–water partition coefficient (Wildman–Crippen LogP) is 2.54. The van der Waals surface area contributed by atoms with Crippen molar-refractivity contribution < 1.29 is 9.52 Å². The average Bonchev–Trinajstić information content (AvgIpc) is 2.57. The maximum absolute atomic E-state index is 8.66. The molecule has 0 aliphatic carbocycles. The van der Waals surface area contributed by atoms with Crippen molar-refractivity contribution in [3.63, 3.8) is 0 Å². The highest BCUT2D eigenvalue weighted by molar-refractivity contribution is 5.03. The smallest absolute Gasteiger partial charge is 0.104 e. The molecule has 0 radical (unpaired) electrons. The minimum Gasteiger partial charge on any atom is -0.469 e. The van der Waals surface area contributed by atoms with Crippen LogP contribution in [0.15, 0.2) is 34.5 Å². The van der Waals surface area contributed by atoms with E-state index in [1.165, 1.54) is 5.57 Å². The molecule has 0 aliphatic heterocycles. The van der Waals surface area contributed by atoms with Gasteiger partial charge in [-0.05, 0) is 31.9 Å². The summed E-state index contributed by atoms with van der Waals surface area (Å²) in [5.41, 5.74) is 1.24. The number of aliphatic hydroxyl groups excluding tert-OH is 1. The molecule has 13 heavy (non-hydrogen) atoms. The lowest BCUT2D eigenvalue weighted by atomic mass is 10.1. The Morgan fingerprint density at radius 1 is 1.62 bits per heavy atom. The summed E-state index contributed by atoms with van der Waals surface area (Å²) in [4.78, 5) is 0. The molecule has 72 valence electrons. The minimum atomic E-state index is 0.239. The monoisotopic (exact) mass is 180 g/mol. The first-order valence-corrected chi connectivity index (χ1v) is 4.62. The first-order chi connectivity index (χ1) is 6.33. The van der Waals surface area contributed by atoms with E-state index in [0.29, 0.717) is 0 Å². The van der Waals surface area contributed by atoms with Crippen LogP contribution in [0.2, 0.25) is 0 Å². The third-order valence-electron chi connectivity index (χ3n) is 1.97. The van der Waals surface area contributed by atoms with Gasteiger partial charge in [0.2, 0.25) is 0 Å². The second-order valence-electron chi connectivity index (χ2n) is 3.14. The zero-order valence-corrected chi connectivity index (χ0v) is 7.99. The Morgan fingerprint density at radius 3 is 3.08 bits per heavy atom. The van der Waals surface area contributed by atoms with Gasteiger partial charge in [0.05, 0.1) is 6.26 Å². The van der Waals surface area contributed by atoms with Crippen LogP contribution in [0.4, 0.5) is 0 Å². The molecular weight excluding hydrogens is 164 g/mol. The van der Waals surface area contributed by atoms with E-state index >= 15 is 0 Å². The second-order valence-corrected chi connectivity index (χ2v) is 3.14. The quantitative estimate of drug-likeness (QED) is 0.706. The van der Waals surface area contributed by atoms with Gasteiger partial charge < -0.3 is 9.52 Å². The van der Waals surface area contributed by atoms with Gasteiger partial charge >= 0.3 is 0 Å². The fourth-order valence-electron chi connectivity index (χ4n) is 1.19. The Kier molecular flexibility index (Phi) is 4.33. The number of aliphatic hydroxyl groups is 1. The molecule has 1 N–H and O–H groups in total. The van der Waals surface area contributed by atoms with E-state index < -0.39 is 0 Å². The average molecular weight is 180 g/mol. The van der Waals surface area contributed by atoms with Gasteiger partial charge in [-0.2, -0.15) is 0 Å². The van der Waals surface area contributed by atoms with Crippen LogP contribution < -0.4 is 0 Å². The van der Waals surface area contributed by atoms with Crippen molar-refractivity contribution in [2.45, 2.75) is 26.2 Å². The Balaban J connectivity index is 2.24. The van der Waals surface area contributed by atoms with Crippen LogP contribution >= 0.6 is 0 Å². The van der Waals surface area contributed by atoms with Gasteiger partial charge in [0.25, 0.3) is 0 Å². The molecule has 1 rings (SSSR count). The summed E-state index contributed by atoms with van der Waals surface area (Å²) in [5, 5.41) is 8.66. The van der Waals surface area contributed by atoms with E-state index in [4.69, 9.17) is 9.52 Å². The van der Waals surface area contributed by atoms with Crippen LogP contribution in [-0.2, 0) is 6.42 Å². The summed E-state index contributed by atoms with van der Waals surface area (Å²) in [6, 6.07) is 3.88. The Hall–Kier alpha value is -1.02. The standard InChI is InChI=1S/C11H16O2/c1-10(7-8-12)4-2-5-11-6-3-9-13-11/h3-4,6,9,12H,2,5,7-8H2,1H3/b10-4+. The highest BCUT2D eigenvalue weighted by Crippen LogP contribution is 2.06. The Bertz CT molecular complexity index is 247.